The lowest BCUT2D eigenvalue weighted by Crippen LogP contribution is -2.36. The van der Waals surface area contributed by atoms with E-state index >= 15 is 0 Å². The van der Waals surface area contributed by atoms with Crippen LogP contribution < -0.4 is 10.5 Å². The summed E-state index contributed by atoms with van der Waals surface area (Å²) in [6.07, 6.45) is 1.32. The summed E-state index contributed by atoms with van der Waals surface area (Å²) in [5.41, 5.74) is 7.35. The van der Waals surface area contributed by atoms with Crippen LogP contribution in [-0.4, -0.2) is 29.6 Å². The van der Waals surface area contributed by atoms with Gasteiger partial charge in [-0.25, -0.2) is 0 Å². The number of nitrogens with two attached hydrogens (primary N) is 1. The Morgan fingerprint density at radius 2 is 2.22 bits per heavy atom. The Kier molecular flexibility index (Phi) is 4.25. The predicted molar refractivity (Wildman–Crippen MR) is 74.7 cm³/mol. The van der Waals surface area contributed by atoms with E-state index in [1.807, 2.05) is 19.9 Å². The van der Waals surface area contributed by atoms with E-state index < -0.39 is 0 Å². The number of hydrogen-bond donors (Lipinski definition) is 1. The predicted octanol–water partition coefficient (Wildman–Crippen LogP) is 2.40. The van der Waals surface area contributed by atoms with Crippen molar-refractivity contribution in [3.8, 4) is 5.75 Å². The van der Waals surface area contributed by atoms with E-state index in [9.17, 15) is 0 Å². The molecule has 1 saturated heterocycles. The Bertz CT molecular complexity index is 392. The highest BCUT2D eigenvalue weighted by atomic mass is 16.5. The zero-order chi connectivity index (χ0) is 13.1. The molecule has 1 heterocycles. The molecular formula is C15H24N2O. The van der Waals surface area contributed by atoms with Gasteiger partial charge >= 0.3 is 0 Å². The second-order valence-electron chi connectivity index (χ2n) is 5.48. The van der Waals surface area contributed by atoms with Crippen LogP contribution in [0, 0.1) is 0 Å². The molecule has 2 N–H and O–H groups in total. The molecule has 2 atom stereocenters. The molecule has 0 aromatic heterocycles. The standard InChI is InChI=1S/C15H24N2O/c1-11(2)18-14-6-4-5-13(9-14)10-17-8-7-15(16)12(17)3/h4-6,9,11-12,15H,7-8,10,16H2,1-3H3. The van der Waals surface area contributed by atoms with Crippen LogP contribution in [0.5, 0.6) is 5.75 Å². The number of ether oxygens (including phenoxy) is 1. The molecule has 1 aliphatic heterocycles. The van der Waals surface area contributed by atoms with Crippen LogP contribution in [0.1, 0.15) is 32.8 Å². The van der Waals surface area contributed by atoms with Crippen molar-refractivity contribution in [2.45, 2.75) is 51.9 Å². The maximum Gasteiger partial charge on any atom is 0.120 e. The third-order valence-electron chi connectivity index (χ3n) is 3.60. The molecule has 2 unspecified atom stereocenters. The smallest absolute Gasteiger partial charge is 0.120 e. The highest BCUT2D eigenvalue weighted by Crippen LogP contribution is 2.21. The molecular weight excluding hydrogens is 224 g/mol. The van der Waals surface area contributed by atoms with Crippen LogP contribution in [0.4, 0.5) is 0 Å². The van der Waals surface area contributed by atoms with E-state index in [0.29, 0.717) is 12.1 Å². The Morgan fingerprint density at radius 3 is 2.83 bits per heavy atom. The summed E-state index contributed by atoms with van der Waals surface area (Å²) >= 11 is 0. The Labute approximate surface area is 110 Å². The maximum absolute atomic E-state index is 6.05. The van der Waals surface area contributed by atoms with Crippen LogP contribution in [0.2, 0.25) is 0 Å². The molecule has 3 heteroatoms. The number of rotatable bonds is 4. The van der Waals surface area contributed by atoms with Gasteiger partial charge in [-0.3, -0.25) is 4.90 Å². The topological polar surface area (TPSA) is 38.5 Å². The van der Waals surface area contributed by atoms with Gasteiger partial charge in [-0.05, 0) is 44.9 Å². The third-order valence-corrected chi connectivity index (χ3v) is 3.60. The van der Waals surface area contributed by atoms with Gasteiger partial charge in [-0.1, -0.05) is 12.1 Å². The second kappa shape index (κ2) is 5.72. The van der Waals surface area contributed by atoms with Crippen molar-refractivity contribution in [2.75, 3.05) is 6.54 Å². The van der Waals surface area contributed by atoms with Gasteiger partial charge in [0.25, 0.3) is 0 Å². The number of nitrogens with zero attached hydrogens (tertiary/aromatic N) is 1. The SMILES string of the molecule is CC(C)Oc1cccc(CN2CCC(N)C2C)c1. The van der Waals surface area contributed by atoms with Crippen molar-refractivity contribution in [1.82, 2.24) is 4.90 Å². The van der Waals surface area contributed by atoms with Gasteiger partial charge in [0.05, 0.1) is 6.10 Å². The average molecular weight is 248 g/mol. The van der Waals surface area contributed by atoms with Crippen LogP contribution >= 0.6 is 0 Å². The zero-order valence-electron chi connectivity index (χ0n) is 11.6. The molecule has 0 bridgehead atoms. The molecule has 18 heavy (non-hydrogen) atoms. The van der Waals surface area contributed by atoms with E-state index in [4.69, 9.17) is 10.5 Å². The van der Waals surface area contributed by atoms with Gasteiger partial charge in [-0.2, -0.15) is 0 Å². The average Bonchev–Trinajstić information content (AvgIpc) is 2.61. The second-order valence-corrected chi connectivity index (χ2v) is 5.48. The highest BCUT2D eigenvalue weighted by molar-refractivity contribution is 5.28. The Morgan fingerprint density at radius 1 is 1.44 bits per heavy atom. The van der Waals surface area contributed by atoms with Crippen molar-refractivity contribution in [2.24, 2.45) is 5.73 Å². The highest BCUT2D eigenvalue weighted by Gasteiger charge is 2.27. The Balaban J connectivity index is 2.01. The van der Waals surface area contributed by atoms with Crippen molar-refractivity contribution in [3.63, 3.8) is 0 Å². The molecule has 0 spiro atoms. The summed E-state index contributed by atoms with van der Waals surface area (Å²) in [4.78, 5) is 2.44. The summed E-state index contributed by atoms with van der Waals surface area (Å²) in [5.74, 6) is 0.957. The number of hydrogen-bond acceptors (Lipinski definition) is 3. The van der Waals surface area contributed by atoms with E-state index in [2.05, 4.69) is 30.0 Å². The van der Waals surface area contributed by atoms with E-state index in [0.717, 1.165) is 25.3 Å². The largest absolute Gasteiger partial charge is 0.491 e. The molecule has 0 amide bonds. The summed E-state index contributed by atoms with van der Waals surface area (Å²) in [6.45, 7) is 8.37. The van der Waals surface area contributed by atoms with Crippen molar-refractivity contribution >= 4 is 0 Å². The summed E-state index contributed by atoms with van der Waals surface area (Å²) in [7, 11) is 0. The van der Waals surface area contributed by atoms with Gasteiger partial charge in [0.1, 0.15) is 5.75 Å². The first-order valence-electron chi connectivity index (χ1n) is 6.81. The first kappa shape index (κ1) is 13.4. The number of benzene rings is 1. The normalized spacial score (nSPS) is 24.7. The third kappa shape index (κ3) is 3.24. The molecule has 0 saturated carbocycles. The minimum absolute atomic E-state index is 0.222. The molecule has 0 aliphatic carbocycles. The molecule has 1 aromatic carbocycles. The van der Waals surface area contributed by atoms with Gasteiger partial charge in [0, 0.05) is 25.2 Å². The first-order valence-corrected chi connectivity index (χ1v) is 6.81. The van der Waals surface area contributed by atoms with Gasteiger partial charge in [-0.15, -0.1) is 0 Å². The fraction of sp³-hybridized carbons (Fsp3) is 0.600. The van der Waals surface area contributed by atoms with Crippen molar-refractivity contribution in [1.29, 1.82) is 0 Å². The lowest BCUT2D eigenvalue weighted by molar-refractivity contribution is 0.238. The van der Waals surface area contributed by atoms with Crippen LogP contribution in [0.25, 0.3) is 0 Å². The zero-order valence-corrected chi connectivity index (χ0v) is 11.6. The fourth-order valence-corrected chi connectivity index (χ4v) is 2.48. The molecule has 0 radical (unpaired) electrons. The molecule has 3 nitrogen and oxygen atoms in total. The van der Waals surface area contributed by atoms with Gasteiger partial charge in [0.15, 0.2) is 0 Å². The van der Waals surface area contributed by atoms with Gasteiger partial charge < -0.3 is 10.5 Å². The van der Waals surface area contributed by atoms with Crippen LogP contribution in [0.15, 0.2) is 24.3 Å². The quantitative estimate of drug-likeness (QED) is 0.889. The fourth-order valence-electron chi connectivity index (χ4n) is 2.48. The monoisotopic (exact) mass is 248 g/mol. The van der Waals surface area contributed by atoms with E-state index in [1.165, 1.54) is 5.56 Å². The summed E-state index contributed by atoms with van der Waals surface area (Å²) < 4.78 is 5.72. The van der Waals surface area contributed by atoms with Crippen LogP contribution in [0.3, 0.4) is 0 Å². The van der Waals surface area contributed by atoms with Crippen LogP contribution in [-0.2, 0) is 6.54 Å². The lowest BCUT2D eigenvalue weighted by atomic mass is 10.1. The summed E-state index contributed by atoms with van der Waals surface area (Å²) in [5, 5.41) is 0. The van der Waals surface area contributed by atoms with Crippen molar-refractivity contribution in [3.05, 3.63) is 29.8 Å². The molecule has 1 aliphatic rings. The summed E-state index contributed by atoms with van der Waals surface area (Å²) in [6, 6.07) is 9.16. The number of likely N-dealkylation sites (tertiary alicyclic amines) is 1. The minimum Gasteiger partial charge on any atom is -0.491 e. The van der Waals surface area contributed by atoms with E-state index in [1.54, 1.807) is 0 Å². The minimum atomic E-state index is 0.222. The lowest BCUT2D eigenvalue weighted by Gasteiger charge is -2.23. The molecule has 1 aromatic rings. The Hall–Kier alpha value is -1.06. The molecule has 2 rings (SSSR count). The maximum atomic E-state index is 6.05. The molecule has 1 fully saturated rings. The molecule has 100 valence electrons. The first-order chi connectivity index (χ1) is 8.56. The van der Waals surface area contributed by atoms with Gasteiger partial charge in [0.2, 0.25) is 0 Å². The van der Waals surface area contributed by atoms with E-state index in [-0.39, 0.29) is 6.10 Å². The van der Waals surface area contributed by atoms with Crippen molar-refractivity contribution < 1.29 is 4.74 Å².